The number of fused-ring (bicyclic) bond motifs is 1. The van der Waals surface area contributed by atoms with Crippen molar-refractivity contribution in [2.75, 3.05) is 47.0 Å². The summed E-state index contributed by atoms with van der Waals surface area (Å²) in [6.07, 6.45) is 1.00. The molecule has 0 aromatic heterocycles. The van der Waals surface area contributed by atoms with Crippen LogP contribution in [0.4, 0.5) is 0 Å². The first kappa shape index (κ1) is 15.8. The summed E-state index contributed by atoms with van der Waals surface area (Å²) in [6.45, 7) is 4.13. The Hall–Kier alpha value is -0.620. The van der Waals surface area contributed by atoms with Crippen molar-refractivity contribution >= 4 is 15.9 Å². The van der Waals surface area contributed by atoms with Gasteiger partial charge in [-0.2, -0.15) is 0 Å². The molecule has 0 radical (unpaired) electrons. The molecule has 1 atom stereocenters. The summed E-state index contributed by atoms with van der Waals surface area (Å²) in [5, 5.41) is 3.55. The van der Waals surface area contributed by atoms with Gasteiger partial charge in [-0.05, 0) is 32.3 Å². The summed E-state index contributed by atoms with van der Waals surface area (Å²) in [7, 11) is 4.11. The first-order valence-corrected chi connectivity index (χ1v) is 7.84. The van der Waals surface area contributed by atoms with Crippen LogP contribution in [0.2, 0.25) is 0 Å². The molecule has 0 spiro atoms. The highest BCUT2D eigenvalue weighted by molar-refractivity contribution is 9.10. The lowest BCUT2D eigenvalue weighted by atomic mass is 10.0. The van der Waals surface area contributed by atoms with E-state index in [0.29, 0.717) is 6.04 Å². The van der Waals surface area contributed by atoms with Gasteiger partial charge in [0.25, 0.3) is 0 Å². The van der Waals surface area contributed by atoms with Crippen molar-refractivity contribution in [3.8, 4) is 5.75 Å². The molecule has 0 saturated carbocycles. The first-order valence-electron chi connectivity index (χ1n) is 7.05. The molecule has 112 valence electrons. The zero-order chi connectivity index (χ0) is 14.4. The van der Waals surface area contributed by atoms with Crippen molar-refractivity contribution in [2.45, 2.75) is 12.5 Å². The molecule has 0 amide bonds. The Morgan fingerprint density at radius 1 is 1.40 bits per heavy atom. The van der Waals surface area contributed by atoms with Crippen molar-refractivity contribution in [1.29, 1.82) is 0 Å². The van der Waals surface area contributed by atoms with E-state index in [1.165, 1.54) is 5.56 Å². The maximum Gasteiger partial charge on any atom is 0.124 e. The third-order valence-corrected chi connectivity index (χ3v) is 3.82. The highest BCUT2D eigenvalue weighted by atomic mass is 79.9. The van der Waals surface area contributed by atoms with E-state index in [4.69, 9.17) is 9.47 Å². The van der Waals surface area contributed by atoms with Crippen LogP contribution in [0.3, 0.4) is 0 Å². The third kappa shape index (κ3) is 4.74. The van der Waals surface area contributed by atoms with Gasteiger partial charge >= 0.3 is 0 Å². The highest BCUT2D eigenvalue weighted by Gasteiger charge is 2.20. The maximum atomic E-state index is 5.68. The molecule has 1 N–H and O–H groups in total. The standard InChI is InChI=1S/C15H23BrN2O2/c1-18(2)7-10-19-9-6-17-14-5-8-20-15-4-3-12(16)11-13(14)15/h3-4,11,14,17H,5-10H2,1-2H3. The Balaban J connectivity index is 1.76. The number of ether oxygens (including phenoxy) is 2. The first-order chi connectivity index (χ1) is 9.66. The predicted molar refractivity (Wildman–Crippen MR) is 84.4 cm³/mol. The molecule has 0 bridgehead atoms. The Morgan fingerprint density at radius 2 is 2.25 bits per heavy atom. The summed E-state index contributed by atoms with van der Waals surface area (Å²) in [6, 6.07) is 6.54. The maximum absolute atomic E-state index is 5.68. The quantitative estimate of drug-likeness (QED) is 0.771. The van der Waals surface area contributed by atoms with Gasteiger partial charge in [0.1, 0.15) is 5.75 Å². The molecule has 1 aromatic carbocycles. The summed E-state index contributed by atoms with van der Waals surface area (Å²) >= 11 is 3.52. The van der Waals surface area contributed by atoms with E-state index in [1.54, 1.807) is 0 Å². The van der Waals surface area contributed by atoms with Crippen molar-refractivity contribution in [3.63, 3.8) is 0 Å². The van der Waals surface area contributed by atoms with Gasteiger partial charge in [-0.1, -0.05) is 15.9 Å². The number of nitrogens with one attached hydrogen (secondary N) is 1. The predicted octanol–water partition coefficient (Wildman–Crippen LogP) is 2.44. The molecule has 4 nitrogen and oxygen atoms in total. The summed E-state index contributed by atoms with van der Waals surface area (Å²) in [5.74, 6) is 0.991. The zero-order valence-corrected chi connectivity index (χ0v) is 13.8. The van der Waals surface area contributed by atoms with Crippen molar-refractivity contribution < 1.29 is 9.47 Å². The van der Waals surface area contributed by atoms with Gasteiger partial charge in [0.2, 0.25) is 0 Å². The van der Waals surface area contributed by atoms with Crippen molar-refractivity contribution in [3.05, 3.63) is 28.2 Å². The van der Waals surface area contributed by atoms with E-state index in [-0.39, 0.29) is 0 Å². The topological polar surface area (TPSA) is 33.7 Å². The van der Waals surface area contributed by atoms with Gasteiger partial charge < -0.3 is 19.7 Å². The van der Waals surface area contributed by atoms with E-state index in [0.717, 1.165) is 49.6 Å². The smallest absolute Gasteiger partial charge is 0.124 e. The lowest BCUT2D eigenvalue weighted by molar-refractivity contribution is 0.116. The van der Waals surface area contributed by atoms with Gasteiger partial charge in [-0.3, -0.25) is 0 Å². The molecule has 1 aromatic rings. The Morgan fingerprint density at radius 3 is 3.05 bits per heavy atom. The molecule has 1 unspecified atom stereocenters. The van der Waals surface area contributed by atoms with Crippen LogP contribution in [0, 0.1) is 0 Å². The van der Waals surface area contributed by atoms with E-state index >= 15 is 0 Å². The Labute approximate surface area is 129 Å². The SMILES string of the molecule is CN(C)CCOCCNC1CCOc2ccc(Br)cc21. The second-order valence-electron chi connectivity index (χ2n) is 5.24. The fourth-order valence-electron chi connectivity index (χ4n) is 2.23. The fourth-order valence-corrected chi connectivity index (χ4v) is 2.61. The summed E-state index contributed by atoms with van der Waals surface area (Å²) in [4.78, 5) is 2.12. The number of halogens is 1. The fraction of sp³-hybridized carbons (Fsp3) is 0.600. The van der Waals surface area contributed by atoms with Crippen LogP contribution in [0.25, 0.3) is 0 Å². The molecular formula is C15H23BrN2O2. The summed E-state index contributed by atoms with van der Waals surface area (Å²) in [5.41, 5.74) is 1.24. The Bertz CT molecular complexity index is 426. The molecule has 1 aliphatic rings. The highest BCUT2D eigenvalue weighted by Crippen LogP contribution is 2.33. The van der Waals surface area contributed by atoms with Gasteiger partial charge in [-0.15, -0.1) is 0 Å². The number of nitrogens with zero attached hydrogens (tertiary/aromatic N) is 1. The third-order valence-electron chi connectivity index (χ3n) is 3.33. The molecule has 5 heteroatoms. The van der Waals surface area contributed by atoms with Crippen LogP contribution >= 0.6 is 15.9 Å². The van der Waals surface area contributed by atoms with E-state index < -0.39 is 0 Å². The molecule has 0 aliphatic carbocycles. The van der Waals surface area contributed by atoms with Gasteiger partial charge in [0.05, 0.1) is 19.8 Å². The molecule has 0 fully saturated rings. The molecule has 1 heterocycles. The lowest BCUT2D eigenvalue weighted by Gasteiger charge is -2.27. The molecule has 20 heavy (non-hydrogen) atoms. The number of likely N-dealkylation sites (N-methyl/N-ethyl adjacent to an activating group) is 1. The number of hydrogen-bond acceptors (Lipinski definition) is 4. The van der Waals surface area contributed by atoms with E-state index in [9.17, 15) is 0 Å². The van der Waals surface area contributed by atoms with Crippen molar-refractivity contribution in [2.24, 2.45) is 0 Å². The summed E-state index contributed by atoms with van der Waals surface area (Å²) < 4.78 is 12.4. The monoisotopic (exact) mass is 342 g/mol. The van der Waals surface area contributed by atoms with Crippen LogP contribution in [-0.4, -0.2) is 51.9 Å². The van der Waals surface area contributed by atoms with Crippen LogP contribution in [0.5, 0.6) is 5.75 Å². The van der Waals surface area contributed by atoms with Crippen LogP contribution in [0.1, 0.15) is 18.0 Å². The minimum absolute atomic E-state index is 0.355. The minimum Gasteiger partial charge on any atom is -0.493 e. The molecule has 0 saturated heterocycles. The lowest BCUT2D eigenvalue weighted by Crippen LogP contribution is -2.30. The van der Waals surface area contributed by atoms with Gasteiger partial charge in [0.15, 0.2) is 0 Å². The second kappa shape index (κ2) is 7.98. The molecular weight excluding hydrogens is 320 g/mol. The number of hydrogen-bond donors (Lipinski definition) is 1. The van der Waals surface area contributed by atoms with E-state index in [1.807, 2.05) is 12.1 Å². The van der Waals surface area contributed by atoms with Gasteiger partial charge in [-0.25, -0.2) is 0 Å². The normalized spacial score (nSPS) is 17.9. The molecule has 2 rings (SSSR count). The molecule has 1 aliphatic heterocycles. The van der Waals surface area contributed by atoms with Crippen LogP contribution in [0.15, 0.2) is 22.7 Å². The number of rotatable bonds is 7. The second-order valence-corrected chi connectivity index (χ2v) is 6.16. The van der Waals surface area contributed by atoms with Crippen LogP contribution in [-0.2, 0) is 4.74 Å². The van der Waals surface area contributed by atoms with Crippen molar-refractivity contribution in [1.82, 2.24) is 10.2 Å². The average Bonchev–Trinajstić information content (AvgIpc) is 2.42. The number of benzene rings is 1. The van der Waals surface area contributed by atoms with Gasteiger partial charge in [0, 0.05) is 35.6 Å². The zero-order valence-electron chi connectivity index (χ0n) is 12.2. The van der Waals surface area contributed by atoms with Crippen LogP contribution < -0.4 is 10.1 Å². The largest absolute Gasteiger partial charge is 0.493 e. The average molecular weight is 343 g/mol. The Kier molecular flexibility index (Phi) is 6.29. The van der Waals surface area contributed by atoms with E-state index in [2.05, 4.69) is 46.3 Å². The minimum atomic E-state index is 0.355.